The van der Waals surface area contributed by atoms with Crippen LogP contribution in [0.5, 0.6) is 5.75 Å². The van der Waals surface area contributed by atoms with Crippen molar-refractivity contribution in [2.75, 3.05) is 25.6 Å². The van der Waals surface area contributed by atoms with E-state index in [-0.39, 0.29) is 11.7 Å². The van der Waals surface area contributed by atoms with E-state index in [1.54, 1.807) is 25.3 Å². The largest absolute Gasteiger partial charge is 0.494 e. The van der Waals surface area contributed by atoms with Gasteiger partial charge in [0.1, 0.15) is 5.75 Å². The number of carbonyl (C=O) groups excluding carboxylic acids is 1. The van der Waals surface area contributed by atoms with Gasteiger partial charge in [-0.2, -0.15) is 0 Å². The lowest BCUT2D eigenvalue weighted by molar-refractivity contribution is -0.143. The van der Waals surface area contributed by atoms with Crippen LogP contribution in [0.15, 0.2) is 69.6 Å². The van der Waals surface area contributed by atoms with Crippen LogP contribution in [0.25, 0.3) is 6.08 Å². The van der Waals surface area contributed by atoms with Crippen molar-refractivity contribution in [3.63, 3.8) is 0 Å². The molecule has 0 bridgehead atoms. The molecule has 0 N–H and O–H groups in total. The zero-order valence-electron chi connectivity index (χ0n) is 21.4. The molecule has 1 aromatic heterocycles. The molecule has 4 rings (SSSR count). The van der Waals surface area contributed by atoms with Gasteiger partial charge in [0.25, 0.3) is 5.56 Å². The van der Waals surface area contributed by atoms with E-state index >= 15 is 0 Å². The predicted molar refractivity (Wildman–Crippen MR) is 143 cm³/mol. The molecule has 0 amide bonds. The van der Waals surface area contributed by atoms with E-state index in [1.165, 1.54) is 11.3 Å². The molecule has 3 aromatic rings. The standard InChI is InChI=1S/C28H31N3O4S/c1-7-34-22-14-10-20(11-15-22)25-24(27(33)35-17(2)3)18(4)29-28-31(25)26(32)23(36-28)16-19-8-12-21(13-9-19)30(5)6/h8-17,25H,7H2,1-6H3/b23-16+/t25-/m1/s1. The maximum absolute atomic E-state index is 13.7. The minimum Gasteiger partial charge on any atom is -0.494 e. The number of anilines is 1. The molecule has 188 valence electrons. The fraction of sp³-hybridized carbons (Fsp3) is 0.321. The van der Waals surface area contributed by atoms with Crippen LogP contribution < -0.4 is 24.5 Å². The Hall–Kier alpha value is -3.65. The maximum Gasteiger partial charge on any atom is 0.338 e. The zero-order valence-corrected chi connectivity index (χ0v) is 22.3. The molecule has 1 atom stereocenters. The number of benzene rings is 2. The van der Waals surface area contributed by atoms with Crippen LogP contribution in [0.3, 0.4) is 0 Å². The van der Waals surface area contributed by atoms with E-state index in [0.717, 1.165) is 22.6 Å². The number of esters is 1. The summed E-state index contributed by atoms with van der Waals surface area (Å²) < 4.78 is 13.3. The van der Waals surface area contributed by atoms with Gasteiger partial charge < -0.3 is 14.4 Å². The van der Waals surface area contributed by atoms with Crippen molar-refractivity contribution in [1.82, 2.24) is 4.57 Å². The van der Waals surface area contributed by atoms with Crippen LogP contribution in [-0.4, -0.2) is 37.3 Å². The third-order valence-electron chi connectivity index (χ3n) is 5.80. The molecule has 0 saturated heterocycles. The van der Waals surface area contributed by atoms with Crippen LogP contribution in [-0.2, 0) is 9.53 Å². The summed E-state index contributed by atoms with van der Waals surface area (Å²) in [5.74, 6) is 0.250. The second-order valence-corrected chi connectivity index (χ2v) is 10.0. The number of rotatable bonds is 7. The Morgan fingerprint density at radius 1 is 1.14 bits per heavy atom. The summed E-state index contributed by atoms with van der Waals surface area (Å²) in [6.07, 6.45) is 1.57. The van der Waals surface area contributed by atoms with Gasteiger partial charge in [0, 0.05) is 19.8 Å². The molecule has 0 saturated carbocycles. The highest BCUT2D eigenvalue weighted by Crippen LogP contribution is 2.32. The van der Waals surface area contributed by atoms with Crippen molar-refractivity contribution in [3.8, 4) is 5.75 Å². The second kappa shape index (κ2) is 10.5. The SMILES string of the molecule is CCOc1ccc([C@@H]2C(C(=O)OC(C)C)=C(C)N=c3s/c(=C/c4ccc(N(C)C)cc4)c(=O)n32)cc1. The molecule has 0 spiro atoms. The van der Waals surface area contributed by atoms with Gasteiger partial charge in [-0.05, 0) is 69.2 Å². The van der Waals surface area contributed by atoms with E-state index < -0.39 is 12.0 Å². The summed E-state index contributed by atoms with van der Waals surface area (Å²) in [7, 11) is 3.97. The topological polar surface area (TPSA) is 73.1 Å². The monoisotopic (exact) mass is 505 g/mol. The van der Waals surface area contributed by atoms with Gasteiger partial charge in [0.15, 0.2) is 4.80 Å². The normalized spacial score (nSPS) is 15.5. The fourth-order valence-corrected chi connectivity index (χ4v) is 5.16. The maximum atomic E-state index is 13.7. The molecular weight excluding hydrogens is 474 g/mol. The van der Waals surface area contributed by atoms with Gasteiger partial charge in [0.2, 0.25) is 0 Å². The first-order valence-electron chi connectivity index (χ1n) is 11.9. The predicted octanol–water partition coefficient (Wildman–Crippen LogP) is 3.65. The summed E-state index contributed by atoms with van der Waals surface area (Å²) in [5, 5.41) is 0. The van der Waals surface area contributed by atoms with Gasteiger partial charge in [-0.15, -0.1) is 0 Å². The smallest absolute Gasteiger partial charge is 0.338 e. The Morgan fingerprint density at radius 2 is 1.81 bits per heavy atom. The average molecular weight is 506 g/mol. The summed E-state index contributed by atoms with van der Waals surface area (Å²) in [6.45, 7) is 7.87. The molecule has 1 aliphatic rings. The van der Waals surface area contributed by atoms with Crippen molar-refractivity contribution in [1.29, 1.82) is 0 Å². The number of hydrogen-bond donors (Lipinski definition) is 0. The summed E-state index contributed by atoms with van der Waals surface area (Å²) in [5.41, 5.74) is 3.49. The third kappa shape index (κ3) is 5.14. The first-order valence-corrected chi connectivity index (χ1v) is 12.7. The highest BCUT2D eigenvalue weighted by Gasteiger charge is 2.33. The molecule has 0 radical (unpaired) electrons. The number of ether oxygens (including phenoxy) is 2. The highest BCUT2D eigenvalue weighted by atomic mass is 32.1. The van der Waals surface area contributed by atoms with Crippen LogP contribution in [0.2, 0.25) is 0 Å². The number of nitrogens with zero attached hydrogens (tertiary/aromatic N) is 3. The Bertz CT molecular complexity index is 1460. The number of allylic oxidation sites excluding steroid dienone is 1. The summed E-state index contributed by atoms with van der Waals surface area (Å²) >= 11 is 1.32. The number of carbonyl (C=O) groups is 1. The quantitative estimate of drug-likeness (QED) is 0.459. The van der Waals surface area contributed by atoms with Crippen LogP contribution in [0, 0.1) is 0 Å². The lowest BCUT2D eigenvalue weighted by Gasteiger charge is -2.25. The van der Waals surface area contributed by atoms with Crippen molar-refractivity contribution < 1.29 is 14.3 Å². The Labute approximate surface area is 214 Å². The molecule has 1 aliphatic heterocycles. The molecule has 36 heavy (non-hydrogen) atoms. The molecule has 2 heterocycles. The van der Waals surface area contributed by atoms with Gasteiger partial charge >= 0.3 is 5.97 Å². The zero-order chi connectivity index (χ0) is 26.0. The first kappa shape index (κ1) is 25.4. The number of fused-ring (bicyclic) bond motifs is 1. The van der Waals surface area contributed by atoms with Crippen LogP contribution in [0.1, 0.15) is 44.9 Å². The highest BCUT2D eigenvalue weighted by molar-refractivity contribution is 7.07. The third-order valence-corrected chi connectivity index (χ3v) is 6.78. The molecule has 7 nitrogen and oxygen atoms in total. The van der Waals surface area contributed by atoms with Gasteiger partial charge in [0.05, 0.1) is 34.6 Å². The molecule has 8 heteroatoms. The lowest BCUT2D eigenvalue weighted by Crippen LogP contribution is -2.40. The van der Waals surface area contributed by atoms with Crippen molar-refractivity contribution >= 4 is 29.1 Å². The number of hydrogen-bond acceptors (Lipinski definition) is 7. The average Bonchev–Trinajstić information content (AvgIpc) is 3.13. The Balaban J connectivity index is 1.87. The fourth-order valence-electron chi connectivity index (χ4n) is 4.11. The van der Waals surface area contributed by atoms with E-state index in [4.69, 9.17) is 9.47 Å². The number of aromatic nitrogens is 1. The van der Waals surface area contributed by atoms with Crippen molar-refractivity contribution in [2.45, 2.75) is 39.8 Å². The molecule has 0 aliphatic carbocycles. The number of thiazole rings is 1. The first-order chi connectivity index (χ1) is 17.2. The van der Waals surface area contributed by atoms with Gasteiger partial charge in [-0.25, -0.2) is 9.79 Å². The van der Waals surface area contributed by atoms with E-state index in [0.29, 0.717) is 27.2 Å². The molecule has 2 aromatic carbocycles. The minimum absolute atomic E-state index is 0.198. The van der Waals surface area contributed by atoms with Crippen molar-refractivity contribution in [2.24, 2.45) is 4.99 Å². The van der Waals surface area contributed by atoms with Crippen molar-refractivity contribution in [3.05, 3.63) is 90.6 Å². The second-order valence-electron chi connectivity index (χ2n) is 9.02. The van der Waals surface area contributed by atoms with E-state index in [1.807, 2.05) is 80.5 Å². The van der Waals surface area contributed by atoms with Crippen LogP contribution in [0.4, 0.5) is 5.69 Å². The van der Waals surface area contributed by atoms with Crippen LogP contribution >= 0.6 is 11.3 Å². The van der Waals surface area contributed by atoms with E-state index in [2.05, 4.69) is 4.99 Å². The van der Waals surface area contributed by atoms with E-state index in [9.17, 15) is 9.59 Å². The van der Waals surface area contributed by atoms with Gasteiger partial charge in [-0.3, -0.25) is 9.36 Å². The Kier molecular flexibility index (Phi) is 7.45. The molecular formula is C28H31N3O4S. The summed E-state index contributed by atoms with van der Waals surface area (Å²) in [4.78, 5) is 34.1. The molecule has 0 fully saturated rings. The minimum atomic E-state index is -0.651. The Morgan fingerprint density at radius 3 is 2.39 bits per heavy atom. The van der Waals surface area contributed by atoms with Gasteiger partial charge in [-0.1, -0.05) is 35.6 Å². The lowest BCUT2D eigenvalue weighted by atomic mass is 9.96. The summed E-state index contributed by atoms with van der Waals surface area (Å²) in [6, 6.07) is 14.8. The molecule has 0 unspecified atom stereocenters.